The maximum Gasteiger partial charge on any atom is 0.165 e. The van der Waals surface area contributed by atoms with Crippen molar-refractivity contribution < 1.29 is 9.13 Å². The van der Waals surface area contributed by atoms with Crippen LogP contribution in [0.4, 0.5) is 4.39 Å². The molecule has 1 N–H and O–H groups in total. The molecule has 3 heteroatoms. The monoisotopic (exact) mass is 265 g/mol. The second kappa shape index (κ2) is 6.90. The van der Waals surface area contributed by atoms with Crippen LogP contribution in [0.3, 0.4) is 0 Å². The number of rotatable bonds is 6. The summed E-state index contributed by atoms with van der Waals surface area (Å²) >= 11 is 0. The van der Waals surface area contributed by atoms with Crippen LogP contribution in [0.1, 0.15) is 37.7 Å². The molecule has 1 fully saturated rings. The van der Waals surface area contributed by atoms with Gasteiger partial charge in [-0.25, -0.2) is 4.39 Å². The molecule has 0 radical (unpaired) electrons. The Morgan fingerprint density at radius 2 is 2.11 bits per heavy atom. The summed E-state index contributed by atoms with van der Waals surface area (Å²) in [6, 6.07) is 5.71. The molecule has 0 aromatic heterocycles. The number of ether oxygens (including phenoxy) is 1. The van der Waals surface area contributed by atoms with Gasteiger partial charge in [-0.15, -0.1) is 0 Å². The summed E-state index contributed by atoms with van der Waals surface area (Å²) < 4.78 is 18.6. The van der Waals surface area contributed by atoms with E-state index in [-0.39, 0.29) is 5.82 Å². The predicted molar refractivity (Wildman–Crippen MR) is 76.1 cm³/mol. The lowest BCUT2D eigenvalue weighted by atomic mass is 9.94. The molecule has 2 rings (SSSR count). The summed E-state index contributed by atoms with van der Waals surface area (Å²) in [5.41, 5.74) is 1.04. The van der Waals surface area contributed by atoms with Crippen molar-refractivity contribution in [2.24, 2.45) is 5.92 Å². The average molecular weight is 265 g/mol. The van der Waals surface area contributed by atoms with Crippen molar-refractivity contribution in [1.29, 1.82) is 0 Å². The molecule has 0 spiro atoms. The second-order valence-corrected chi connectivity index (χ2v) is 5.54. The average Bonchev–Trinajstić information content (AvgIpc) is 2.91. The molecule has 2 nitrogen and oxygen atoms in total. The highest BCUT2D eigenvalue weighted by Gasteiger charge is 2.19. The van der Waals surface area contributed by atoms with E-state index >= 15 is 0 Å². The molecule has 0 heterocycles. The molecular formula is C16H24FNO. The molecule has 1 aromatic rings. The first kappa shape index (κ1) is 14.3. The van der Waals surface area contributed by atoms with Gasteiger partial charge in [0.1, 0.15) is 0 Å². The lowest BCUT2D eigenvalue weighted by Crippen LogP contribution is -2.29. The van der Waals surface area contributed by atoms with Crippen LogP contribution in [-0.4, -0.2) is 20.2 Å². The normalized spacial score (nSPS) is 17.6. The zero-order valence-corrected chi connectivity index (χ0v) is 11.9. The van der Waals surface area contributed by atoms with Crippen molar-refractivity contribution in [3.63, 3.8) is 0 Å². The number of hydrogen-bond acceptors (Lipinski definition) is 2. The Morgan fingerprint density at radius 3 is 2.68 bits per heavy atom. The number of halogens is 1. The number of nitrogens with one attached hydrogen (secondary N) is 1. The summed E-state index contributed by atoms with van der Waals surface area (Å²) in [7, 11) is 3.49. The lowest BCUT2D eigenvalue weighted by Gasteiger charge is -2.20. The van der Waals surface area contributed by atoms with E-state index in [9.17, 15) is 4.39 Å². The Labute approximate surface area is 115 Å². The van der Waals surface area contributed by atoms with Gasteiger partial charge in [-0.2, -0.15) is 0 Å². The van der Waals surface area contributed by atoms with Crippen molar-refractivity contribution >= 4 is 0 Å². The fourth-order valence-electron chi connectivity index (χ4n) is 3.07. The Bertz CT molecular complexity index is 402. The third-order valence-corrected chi connectivity index (χ3v) is 4.20. The Balaban J connectivity index is 1.95. The van der Waals surface area contributed by atoms with Gasteiger partial charge in [0.15, 0.2) is 11.6 Å². The quantitative estimate of drug-likeness (QED) is 0.849. The van der Waals surface area contributed by atoms with Gasteiger partial charge in [0.25, 0.3) is 0 Å². The second-order valence-electron chi connectivity index (χ2n) is 5.54. The summed E-state index contributed by atoms with van der Waals surface area (Å²) in [6.45, 7) is 0. The van der Waals surface area contributed by atoms with Crippen LogP contribution in [0.5, 0.6) is 5.75 Å². The number of hydrogen-bond donors (Lipinski definition) is 1. The van der Waals surface area contributed by atoms with Crippen molar-refractivity contribution in [3.8, 4) is 5.75 Å². The molecule has 1 unspecified atom stereocenters. The molecule has 1 aromatic carbocycles. The molecule has 0 saturated heterocycles. The smallest absolute Gasteiger partial charge is 0.165 e. The summed E-state index contributed by atoms with van der Waals surface area (Å²) in [5.74, 6) is 0.900. The van der Waals surface area contributed by atoms with E-state index in [0.29, 0.717) is 11.8 Å². The number of benzene rings is 1. The maximum atomic E-state index is 13.7. The van der Waals surface area contributed by atoms with Gasteiger partial charge < -0.3 is 10.1 Å². The SMILES string of the molecule is CNC(Cc1ccc(OC)c(F)c1)CC1CCCC1. The zero-order valence-electron chi connectivity index (χ0n) is 11.9. The van der Waals surface area contributed by atoms with Crippen LogP contribution < -0.4 is 10.1 Å². The topological polar surface area (TPSA) is 21.3 Å². The predicted octanol–water partition coefficient (Wildman–Crippen LogP) is 3.55. The molecule has 106 valence electrons. The molecule has 19 heavy (non-hydrogen) atoms. The maximum absolute atomic E-state index is 13.7. The van der Waals surface area contributed by atoms with Crippen LogP contribution in [0.15, 0.2) is 18.2 Å². The van der Waals surface area contributed by atoms with E-state index < -0.39 is 0 Å². The molecule has 1 atom stereocenters. The Hall–Kier alpha value is -1.09. The Kier molecular flexibility index (Phi) is 5.20. The summed E-state index contributed by atoms with van der Waals surface area (Å²) in [5, 5.41) is 3.37. The van der Waals surface area contributed by atoms with E-state index in [0.717, 1.165) is 17.9 Å². The molecule has 0 bridgehead atoms. The first-order chi connectivity index (χ1) is 9.22. The molecule has 0 amide bonds. The van der Waals surface area contributed by atoms with Crippen LogP contribution in [-0.2, 0) is 6.42 Å². The van der Waals surface area contributed by atoms with Crippen LogP contribution in [0, 0.1) is 11.7 Å². The van der Waals surface area contributed by atoms with Crippen LogP contribution in [0.2, 0.25) is 0 Å². The standard InChI is InChI=1S/C16H24FNO/c1-18-14(9-12-5-3-4-6-12)10-13-7-8-16(19-2)15(17)11-13/h7-8,11-12,14,18H,3-6,9-10H2,1-2H3. The minimum Gasteiger partial charge on any atom is -0.494 e. The minimum atomic E-state index is -0.268. The van der Waals surface area contributed by atoms with Gasteiger partial charge in [0.05, 0.1) is 7.11 Å². The molecule has 0 aliphatic heterocycles. The third kappa shape index (κ3) is 3.93. The number of likely N-dealkylation sites (N-methyl/N-ethyl adjacent to an activating group) is 1. The first-order valence-electron chi connectivity index (χ1n) is 7.22. The first-order valence-corrected chi connectivity index (χ1v) is 7.22. The molecule has 1 aliphatic carbocycles. The summed E-state index contributed by atoms with van der Waals surface area (Å²) in [6.07, 6.45) is 7.54. The third-order valence-electron chi connectivity index (χ3n) is 4.20. The highest BCUT2D eigenvalue weighted by molar-refractivity contribution is 5.29. The minimum absolute atomic E-state index is 0.268. The molecular weight excluding hydrogens is 241 g/mol. The van der Waals surface area contributed by atoms with Crippen molar-refractivity contribution in [2.45, 2.75) is 44.6 Å². The fraction of sp³-hybridized carbons (Fsp3) is 0.625. The van der Waals surface area contributed by atoms with Gasteiger partial charge in [-0.05, 0) is 43.5 Å². The van der Waals surface area contributed by atoms with Gasteiger partial charge in [0, 0.05) is 6.04 Å². The van der Waals surface area contributed by atoms with Gasteiger partial charge in [-0.3, -0.25) is 0 Å². The largest absolute Gasteiger partial charge is 0.494 e. The van der Waals surface area contributed by atoms with Crippen molar-refractivity contribution in [3.05, 3.63) is 29.6 Å². The van der Waals surface area contributed by atoms with E-state index in [1.807, 2.05) is 13.1 Å². The van der Waals surface area contributed by atoms with Crippen LogP contribution >= 0.6 is 0 Å². The van der Waals surface area contributed by atoms with Crippen LogP contribution in [0.25, 0.3) is 0 Å². The molecule has 1 saturated carbocycles. The van der Waals surface area contributed by atoms with Gasteiger partial charge in [-0.1, -0.05) is 31.7 Å². The van der Waals surface area contributed by atoms with Crippen molar-refractivity contribution in [2.75, 3.05) is 14.2 Å². The van der Waals surface area contributed by atoms with Crippen molar-refractivity contribution in [1.82, 2.24) is 5.32 Å². The van der Waals surface area contributed by atoms with E-state index in [1.165, 1.54) is 39.2 Å². The Morgan fingerprint density at radius 1 is 1.37 bits per heavy atom. The summed E-state index contributed by atoms with van der Waals surface area (Å²) in [4.78, 5) is 0. The highest BCUT2D eigenvalue weighted by atomic mass is 19.1. The number of methoxy groups -OCH3 is 1. The highest BCUT2D eigenvalue weighted by Crippen LogP contribution is 2.29. The van der Waals surface area contributed by atoms with Gasteiger partial charge in [0.2, 0.25) is 0 Å². The molecule has 1 aliphatic rings. The lowest BCUT2D eigenvalue weighted by molar-refractivity contribution is 0.384. The van der Waals surface area contributed by atoms with Gasteiger partial charge >= 0.3 is 0 Å². The van der Waals surface area contributed by atoms with E-state index in [2.05, 4.69) is 5.32 Å². The fourth-order valence-corrected chi connectivity index (χ4v) is 3.07. The zero-order chi connectivity index (χ0) is 13.7. The van der Waals surface area contributed by atoms with E-state index in [1.54, 1.807) is 12.1 Å². The van der Waals surface area contributed by atoms with E-state index in [4.69, 9.17) is 4.74 Å².